The molecule has 0 amide bonds. The Kier molecular flexibility index (Phi) is 5.15. The van der Waals surface area contributed by atoms with E-state index in [0.29, 0.717) is 13.2 Å². The lowest BCUT2D eigenvalue weighted by Crippen LogP contribution is -2.47. The molecule has 1 fully saturated rings. The minimum Gasteiger partial charge on any atom is -0.370 e. The summed E-state index contributed by atoms with van der Waals surface area (Å²) in [6.45, 7) is 7.11. The maximum atomic E-state index is 5.90. The third-order valence-electron chi connectivity index (χ3n) is 4.14. The van der Waals surface area contributed by atoms with E-state index in [1.807, 2.05) is 33.4 Å². The number of ether oxygens (including phenoxy) is 1. The van der Waals surface area contributed by atoms with Gasteiger partial charge in [-0.1, -0.05) is 0 Å². The molecule has 0 aromatic carbocycles. The first kappa shape index (κ1) is 16.9. The van der Waals surface area contributed by atoms with Crippen LogP contribution in [0.5, 0.6) is 0 Å². The van der Waals surface area contributed by atoms with Crippen LogP contribution < -0.4 is 5.32 Å². The van der Waals surface area contributed by atoms with Gasteiger partial charge in [0.15, 0.2) is 5.96 Å². The number of aryl methyl sites for hydroxylation is 3. The topological polar surface area (TPSA) is 67.6 Å². The number of thiazole rings is 1. The second-order valence-electron chi connectivity index (χ2n) is 5.90. The van der Waals surface area contributed by atoms with Crippen LogP contribution in [0.3, 0.4) is 0 Å². The van der Waals surface area contributed by atoms with Crippen molar-refractivity contribution in [1.29, 1.82) is 0 Å². The standard InChI is InChI=1S/C16H24N6OS/c1-11-12(2)24-15(20-11)8-18-16(17-3)22-5-6-23-14(10-22)13-7-19-21(4)9-13/h7,9,14H,5-6,8,10H2,1-4H3,(H,17,18). The van der Waals surface area contributed by atoms with Gasteiger partial charge in [0.2, 0.25) is 0 Å². The van der Waals surface area contributed by atoms with Crippen molar-refractivity contribution in [3.8, 4) is 0 Å². The van der Waals surface area contributed by atoms with E-state index in [1.165, 1.54) is 4.88 Å². The van der Waals surface area contributed by atoms with E-state index in [1.54, 1.807) is 16.0 Å². The molecular formula is C16H24N6OS. The van der Waals surface area contributed by atoms with Crippen LogP contribution in [0.2, 0.25) is 0 Å². The Hall–Kier alpha value is -1.93. The van der Waals surface area contributed by atoms with Crippen molar-refractivity contribution in [1.82, 2.24) is 25.0 Å². The average Bonchev–Trinajstić information content (AvgIpc) is 3.14. The zero-order valence-electron chi connectivity index (χ0n) is 14.6. The van der Waals surface area contributed by atoms with E-state index in [-0.39, 0.29) is 6.10 Å². The molecule has 3 rings (SSSR count). The Morgan fingerprint density at radius 2 is 2.33 bits per heavy atom. The number of nitrogens with zero attached hydrogens (tertiary/aromatic N) is 5. The smallest absolute Gasteiger partial charge is 0.194 e. The summed E-state index contributed by atoms with van der Waals surface area (Å²) in [5.41, 5.74) is 2.21. The minimum absolute atomic E-state index is 0.0235. The molecule has 0 aliphatic carbocycles. The average molecular weight is 348 g/mol. The molecule has 1 aliphatic rings. The first-order chi connectivity index (χ1) is 11.6. The Bertz CT molecular complexity index is 702. The molecule has 0 bridgehead atoms. The van der Waals surface area contributed by atoms with Gasteiger partial charge in [-0.05, 0) is 13.8 Å². The molecular weight excluding hydrogens is 324 g/mol. The van der Waals surface area contributed by atoms with Crippen LogP contribution in [0.25, 0.3) is 0 Å². The lowest BCUT2D eigenvalue weighted by atomic mass is 10.1. The highest BCUT2D eigenvalue weighted by atomic mass is 32.1. The summed E-state index contributed by atoms with van der Waals surface area (Å²) in [6.07, 6.45) is 3.90. The molecule has 1 atom stereocenters. The molecule has 0 spiro atoms. The van der Waals surface area contributed by atoms with Crippen molar-refractivity contribution in [3.63, 3.8) is 0 Å². The summed E-state index contributed by atoms with van der Waals surface area (Å²) < 4.78 is 7.70. The largest absolute Gasteiger partial charge is 0.370 e. The van der Waals surface area contributed by atoms with Gasteiger partial charge in [-0.15, -0.1) is 11.3 Å². The lowest BCUT2D eigenvalue weighted by Gasteiger charge is -2.34. The predicted octanol–water partition coefficient (Wildman–Crippen LogP) is 1.64. The Morgan fingerprint density at radius 3 is 2.96 bits per heavy atom. The molecule has 8 heteroatoms. The molecule has 1 aliphatic heterocycles. The van der Waals surface area contributed by atoms with Crippen molar-refractivity contribution in [2.45, 2.75) is 26.5 Å². The molecule has 3 heterocycles. The number of hydrogen-bond donors (Lipinski definition) is 1. The first-order valence-electron chi connectivity index (χ1n) is 8.05. The van der Waals surface area contributed by atoms with Gasteiger partial charge in [0.05, 0.1) is 31.6 Å². The van der Waals surface area contributed by atoms with Gasteiger partial charge in [-0.3, -0.25) is 9.67 Å². The molecule has 0 radical (unpaired) electrons. The third kappa shape index (κ3) is 3.76. The molecule has 2 aromatic heterocycles. The Morgan fingerprint density at radius 1 is 1.50 bits per heavy atom. The fourth-order valence-electron chi connectivity index (χ4n) is 2.75. The van der Waals surface area contributed by atoms with Crippen LogP contribution in [-0.4, -0.2) is 52.4 Å². The summed E-state index contributed by atoms with van der Waals surface area (Å²) >= 11 is 1.73. The van der Waals surface area contributed by atoms with E-state index < -0.39 is 0 Å². The zero-order chi connectivity index (χ0) is 17.1. The monoisotopic (exact) mass is 348 g/mol. The molecule has 130 valence electrons. The Labute approximate surface area is 146 Å². The molecule has 1 saturated heterocycles. The highest BCUT2D eigenvalue weighted by Gasteiger charge is 2.25. The number of nitrogens with one attached hydrogen (secondary N) is 1. The van der Waals surface area contributed by atoms with Crippen LogP contribution in [0.15, 0.2) is 17.4 Å². The van der Waals surface area contributed by atoms with E-state index in [2.05, 4.69) is 32.2 Å². The van der Waals surface area contributed by atoms with E-state index in [0.717, 1.165) is 35.3 Å². The van der Waals surface area contributed by atoms with Crippen LogP contribution >= 0.6 is 11.3 Å². The summed E-state index contributed by atoms with van der Waals surface area (Å²) in [4.78, 5) is 12.5. The highest BCUT2D eigenvalue weighted by molar-refractivity contribution is 7.11. The third-order valence-corrected chi connectivity index (χ3v) is 5.22. The maximum Gasteiger partial charge on any atom is 0.194 e. The van der Waals surface area contributed by atoms with Gasteiger partial charge in [-0.2, -0.15) is 5.10 Å². The second kappa shape index (κ2) is 7.31. The fraction of sp³-hybridized carbons (Fsp3) is 0.562. The predicted molar refractivity (Wildman–Crippen MR) is 95.3 cm³/mol. The van der Waals surface area contributed by atoms with Crippen molar-refractivity contribution < 1.29 is 4.74 Å². The number of hydrogen-bond acceptors (Lipinski definition) is 5. The maximum absolute atomic E-state index is 5.90. The molecule has 0 saturated carbocycles. The fourth-order valence-corrected chi connectivity index (χ4v) is 3.63. The van der Waals surface area contributed by atoms with Gasteiger partial charge in [0.1, 0.15) is 11.1 Å². The zero-order valence-corrected chi connectivity index (χ0v) is 15.4. The van der Waals surface area contributed by atoms with Crippen molar-refractivity contribution in [2.75, 3.05) is 26.7 Å². The van der Waals surface area contributed by atoms with Crippen molar-refractivity contribution >= 4 is 17.3 Å². The lowest BCUT2D eigenvalue weighted by molar-refractivity contribution is -0.00805. The van der Waals surface area contributed by atoms with E-state index in [9.17, 15) is 0 Å². The molecule has 1 unspecified atom stereocenters. The first-order valence-corrected chi connectivity index (χ1v) is 8.87. The SMILES string of the molecule is CN=C(NCc1nc(C)c(C)s1)N1CCOC(c2cnn(C)c2)C1. The van der Waals surface area contributed by atoms with Gasteiger partial charge < -0.3 is 15.0 Å². The number of aliphatic imine (C=N–C) groups is 1. The Balaban J connectivity index is 1.62. The van der Waals surface area contributed by atoms with Crippen LogP contribution in [-0.2, 0) is 18.3 Å². The van der Waals surface area contributed by atoms with Crippen LogP contribution in [0.1, 0.15) is 27.2 Å². The highest BCUT2D eigenvalue weighted by Crippen LogP contribution is 2.22. The van der Waals surface area contributed by atoms with Crippen LogP contribution in [0.4, 0.5) is 0 Å². The minimum atomic E-state index is 0.0235. The van der Waals surface area contributed by atoms with Crippen molar-refractivity contribution in [2.24, 2.45) is 12.0 Å². The van der Waals surface area contributed by atoms with Gasteiger partial charge in [0.25, 0.3) is 0 Å². The van der Waals surface area contributed by atoms with Gasteiger partial charge in [-0.25, -0.2) is 4.98 Å². The van der Waals surface area contributed by atoms with E-state index >= 15 is 0 Å². The molecule has 7 nitrogen and oxygen atoms in total. The quantitative estimate of drug-likeness (QED) is 0.675. The number of aromatic nitrogens is 3. The number of guanidine groups is 1. The summed E-state index contributed by atoms with van der Waals surface area (Å²) in [6, 6.07) is 0. The van der Waals surface area contributed by atoms with Gasteiger partial charge in [0, 0.05) is 37.3 Å². The molecule has 2 aromatic rings. The van der Waals surface area contributed by atoms with Crippen molar-refractivity contribution in [3.05, 3.63) is 33.5 Å². The normalized spacial score (nSPS) is 18.9. The number of morpholine rings is 1. The van der Waals surface area contributed by atoms with Gasteiger partial charge >= 0.3 is 0 Å². The summed E-state index contributed by atoms with van der Waals surface area (Å²) in [5.74, 6) is 0.887. The summed E-state index contributed by atoms with van der Waals surface area (Å²) in [5, 5.41) is 8.74. The molecule has 1 N–H and O–H groups in total. The summed E-state index contributed by atoms with van der Waals surface area (Å²) in [7, 11) is 3.73. The van der Waals surface area contributed by atoms with E-state index in [4.69, 9.17) is 4.74 Å². The number of rotatable bonds is 3. The van der Waals surface area contributed by atoms with Crippen LogP contribution in [0, 0.1) is 13.8 Å². The molecule has 24 heavy (non-hydrogen) atoms. The second-order valence-corrected chi connectivity index (χ2v) is 7.19.